The average Bonchev–Trinajstić information content (AvgIpc) is 2.60. The molecule has 2 aromatic rings. The second-order valence-corrected chi connectivity index (χ2v) is 6.92. The highest BCUT2D eigenvalue weighted by molar-refractivity contribution is 6.35. The molecule has 24 heavy (non-hydrogen) atoms. The van der Waals surface area contributed by atoms with Crippen LogP contribution in [0, 0.1) is 0 Å². The van der Waals surface area contributed by atoms with Crippen LogP contribution in [0.15, 0.2) is 48.5 Å². The number of carbonyl (C=O) groups is 1. The van der Waals surface area contributed by atoms with Crippen molar-refractivity contribution in [3.05, 3.63) is 69.7 Å². The van der Waals surface area contributed by atoms with Crippen LogP contribution in [0.25, 0.3) is 0 Å². The fourth-order valence-corrected chi connectivity index (χ4v) is 3.38. The Bertz CT molecular complexity index is 698. The molecule has 0 atom stereocenters. The van der Waals surface area contributed by atoms with Crippen molar-refractivity contribution in [2.75, 3.05) is 32.7 Å². The Morgan fingerprint density at radius 1 is 0.917 bits per heavy atom. The standard InChI is InChI=1S/C19H20Cl2N2O/c20-17-7-6-16(18(21)12-17)13-22-8-10-23(11-9-22)14-19(24)15-4-2-1-3-5-15/h1-7,12H,8-11,13-14H2. The summed E-state index contributed by atoms with van der Waals surface area (Å²) in [7, 11) is 0. The number of carbonyl (C=O) groups excluding carboxylic acids is 1. The lowest BCUT2D eigenvalue weighted by molar-refractivity contribution is 0.0844. The highest BCUT2D eigenvalue weighted by Gasteiger charge is 2.20. The Morgan fingerprint density at radius 3 is 2.25 bits per heavy atom. The normalized spacial score (nSPS) is 16.2. The highest BCUT2D eigenvalue weighted by atomic mass is 35.5. The van der Waals surface area contributed by atoms with Gasteiger partial charge in [-0.05, 0) is 17.7 Å². The molecule has 2 aromatic carbocycles. The molecule has 0 aromatic heterocycles. The predicted molar refractivity (Wildman–Crippen MR) is 99.0 cm³/mol. The second kappa shape index (κ2) is 8.13. The predicted octanol–water partition coefficient (Wildman–Crippen LogP) is 3.99. The molecule has 3 rings (SSSR count). The van der Waals surface area contributed by atoms with E-state index in [0.717, 1.165) is 43.9 Å². The van der Waals surface area contributed by atoms with E-state index in [4.69, 9.17) is 23.2 Å². The Kier molecular flexibility index (Phi) is 5.90. The zero-order valence-electron chi connectivity index (χ0n) is 13.4. The van der Waals surface area contributed by atoms with Gasteiger partial charge in [-0.2, -0.15) is 0 Å². The number of ketones is 1. The number of piperazine rings is 1. The van der Waals surface area contributed by atoms with E-state index in [9.17, 15) is 4.79 Å². The van der Waals surface area contributed by atoms with E-state index in [0.29, 0.717) is 16.6 Å². The molecule has 0 unspecified atom stereocenters. The fraction of sp³-hybridized carbons (Fsp3) is 0.316. The van der Waals surface area contributed by atoms with Crippen LogP contribution in [0.1, 0.15) is 15.9 Å². The lowest BCUT2D eigenvalue weighted by Crippen LogP contribution is -2.47. The summed E-state index contributed by atoms with van der Waals surface area (Å²) in [5, 5.41) is 1.37. The van der Waals surface area contributed by atoms with Gasteiger partial charge in [-0.3, -0.25) is 14.6 Å². The minimum absolute atomic E-state index is 0.185. The number of rotatable bonds is 5. The van der Waals surface area contributed by atoms with E-state index >= 15 is 0 Å². The fourth-order valence-electron chi connectivity index (χ4n) is 2.91. The summed E-state index contributed by atoms with van der Waals surface area (Å²) in [6.07, 6.45) is 0. The molecular weight excluding hydrogens is 343 g/mol. The minimum Gasteiger partial charge on any atom is -0.296 e. The molecule has 1 fully saturated rings. The molecule has 0 aliphatic carbocycles. The summed E-state index contributed by atoms with van der Waals surface area (Å²) < 4.78 is 0. The number of Topliss-reactive ketones (excluding diaryl/α,β-unsaturated/α-hetero) is 1. The molecule has 126 valence electrons. The molecular formula is C19H20Cl2N2O. The number of nitrogens with zero attached hydrogens (tertiary/aromatic N) is 2. The van der Waals surface area contributed by atoms with E-state index in [1.54, 1.807) is 6.07 Å². The first-order valence-corrected chi connectivity index (χ1v) is 8.84. The Hall–Kier alpha value is -1.39. The van der Waals surface area contributed by atoms with Gasteiger partial charge in [-0.15, -0.1) is 0 Å². The molecule has 0 radical (unpaired) electrons. The van der Waals surface area contributed by atoms with E-state index in [1.165, 1.54) is 0 Å². The monoisotopic (exact) mass is 362 g/mol. The summed E-state index contributed by atoms with van der Waals surface area (Å²) in [4.78, 5) is 16.9. The van der Waals surface area contributed by atoms with Gasteiger partial charge >= 0.3 is 0 Å². The molecule has 0 amide bonds. The van der Waals surface area contributed by atoms with Gasteiger partial charge in [0.25, 0.3) is 0 Å². The molecule has 0 spiro atoms. The van der Waals surface area contributed by atoms with Crippen LogP contribution in [0.4, 0.5) is 0 Å². The summed E-state index contributed by atoms with van der Waals surface area (Å²) in [6, 6.07) is 15.1. The first-order chi connectivity index (χ1) is 11.6. The zero-order chi connectivity index (χ0) is 16.9. The summed E-state index contributed by atoms with van der Waals surface area (Å²) in [5.41, 5.74) is 1.88. The molecule has 0 bridgehead atoms. The maximum atomic E-state index is 12.3. The van der Waals surface area contributed by atoms with Crippen LogP contribution in [-0.4, -0.2) is 48.3 Å². The first-order valence-electron chi connectivity index (χ1n) is 8.09. The SMILES string of the molecule is O=C(CN1CCN(Cc2ccc(Cl)cc2Cl)CC1)c1ccccc1. The second-order valence-electron chi connectivity index (χ2n) is 6.08. The van der Waals surface area contributed by atoms with E-state index in [1.807, 2.05) is 42.5 Å². The third kappa shape index (κ3) is 4.58. The Balaban J connectivity index is 1.50. The molecule has 0 N–H and O–H groups in total. The Labute approximate surface area is 152 Å². The minimum atomic E-state index is 0.185. The van der Waals surface area contributed by atoms with Crippen LogP contribution in [0.2, 0.25) is 10.0 Å². The topological polar surface area (TPSA) is 23.6 Å². The van der Waals surface area contributed by atoms with Gasteiger partial charge in [-0.25, -0.2) is 0 Å². The van der Waals surface area contributed by atoms with Crippen molar-refractivity contribution in [3.63, 3.8) is 0 Å². The van der Waals surface area contributed by atoms with E-state index in [-0.39, 0.29) is 5.78 Å². The van der Waals surface area contributed by atoms with Crippen LogP contribution in [0.5, 0.6) is 0 Å². The van der Waals surface area contributed by atoms with Crippen molar-refractivity contribution in [2.45, 2.75) is 6.54 Å². The van der Waals surface area contributed by atoms with Gasteiger partial charge in [0, 0.05) is 48.3 Å². The van der Waals surface area contributed by atoms with Crippen molar-refractivity contribution < 1.29 is 4.79 Å². The van der Waals surface area contributed by atoms with Gasteiger partial charge in [0.05, 0.1) is 6.54 Å². The summed E-state index contributed by atoms with van der Waals surface area (Å²) in [6.45, 7) is 4.95. The molecule has 1 heterocycles. The molecule has 1 aliphatic rings. The molecule has 5 heteroatoms. The van der Waals surface area contributed by atoms with Crippen LogP contribution < -0.4 is 0 Å². The van der Waals surface area contributed by atoms with Crippen molar-refractivity contribution in [1.82, 2.24) is 9.80 Å². The highest BCUT2D eigenvalue weighted by Crippen LogP contribution is 2.22. The van der Waals surface area contributed by atoms with Crippen molar-refractivity contribution in [2.24, 2.45) is 0 Å². The van der Waals surface area contributed by atoms with Crippen LogP contribution in [0.3, 0.4) is 0 Å². The Morgan fingerprint density at radius 2 is 1.58 bits per heavy atom. The number of hydrogen-bond donors (Lipinski definition) is 0. The molecule has 1 saturated heterocycles. The quantitative estimate of drug-likeness (QED) is 0.751. The number of benzene rings is 2. The van der Waals surface area contributed by atoms with Gasteiger partial charge < -0.3 is 0 Å². The molecule has 0 saturated carbocycles. The van der Waals surface area contributed by atoms with Crippen molar-refractivity contribution in [1.29, 1.82) is 0 Å². The van der Waals surface area contributed by atoms with E-state index in [2.05, 4.69) is 9.80 Å². The van der Waals surface area contributed by atoms with Gasteiger partial charge in [-0.1, -0.05) is 59.6 Å². The van der Waals surface area contributed by atoms with E-state index < -0.39 is 0 Å². The largest absolute Gasteiger partial charge is 0.296 e. The summed E-state index contributed by atoms with van der Waals surface area (Å²) in [5.74, 6) is 0.185. The maximum Gasteiger partial charge on any atom is 0.176 e. The van der Waals surface area contributed by atoms with Crippen LogP contribution in [-0.2, 0) is 6.54 Å². The van der Waals surface area contributed by atoms with Crippen molar-refractivity contribution >= 4 is 29.0 Å². The van der Waals surface area contributed by atoms with Gasteiger partial charge in [0.15, 0.2) is 5.78 Å². The summed E-state index contributed by atoms with van der Waals surface area (Å²) >= 11 is 12.2. The molecule has 3 nitrogen and oxygen atoms in total. The smallest absolute Gasteiger partial charge is 0.176 e. The first kappa shape index (κ1) is 17.4. The van der Waals surface area contributed by atoms with Crippen LogP contribution >= 0.6 is 23.2 Å². The van der Waals surface area contributed by atoms with Crippen molar-refractivity contribution in [3.8, 4) is 0 Å². The molecule has 1 aliphatic heterocycles. The lowest BCUT2D eigenvalue weighted by Gasteiger charge is -2.34. The van der Waals surface area contributed by atoms with Gasteiger partial charge in [0.2, 0.25) is 0 Å². The van der Waals surface area contributed by atoms with Gasteiger partial charge in [0.1, 0.15) is 0 Å². The third-order valence-corrected chi connectivity index (χ3v) is 4.92. The average molecular weight is 363 g/mol. The zero-order valence-corrected chi connectivity index (χ0v) is 14.9. The number of hydrogen-bond acceptors (Lipinski definition) is 3. The number of halogens is 2. The maximum absolute atomic E-state index is 12.3. The third-order valence-electron chi connectivity index (χ3n) is 4.34. The lowest BCUT2D eigenvalue weighted by atomic mass is 10.1.